The van der Waals surface area contributed by atoms with Crippen molar-refractivity contribution >= 4 is 17.9 Å². The first-order valence-corrected chi connectivity index (χ1v) is 8.81. The molecule has 25 heavy (non-hydrogen) atoms. The van der Waals surface area contributed by atoms with Crippen LogP contribution < -0.4 is 5.11 Å². The van der Waals surface area contributed by atoms with Gasteiger partial charge in [0.2, 0.25) is 0 Å². The number of quaternary nitrogens is 1. The largest absolute Gasteiger partial charge is 0.544 e. The fourth-order valence-corrected chi connectivity index (χ4v) is 3.15. The van der Waals surface area contributed by atoms with Crippen molar-refractivity contribution in [3.63, 3.8) is 0 Å². The molecule has 0 heterocycles. The highest BCUT2D eigenvalue weighted by molar-refractivity contribution is 5.77. The Hall–Kier alpha value is -1.89. The van der Waals surface area contributed by atoms with Crippen LogP contribution in [0.2, 0.25) is 0 Å². The second-order valence-corrected chi connectivity index (χ2v) is 6.52. The van der Waals surface area contributed by atoms with Crippen LogP contribution in [-0.4, -0.2) is 57.3 Å². The molecule has 0 saturated heterocycles. The number of carbonyl (C=O) groups is 3. The lowest BCUT2D eigenvalue weighted by Crippen LogP contribution is -2.71. The van der Waals surface area contributed by atoms with Crippen LogP contribution in [0.25, 0.3) is 0 Å². The molecular weight excluding hydrogens is 326 g/mol. The highest BCUT2D eigenvalue weighted by atomic mass is 16.4. The smallest absolute Gasteiger partial charge is 0.362 e. The van der Waals surface area contributed by atoms with Gasteiger partial charge in [0.05, 0.1) is 12.5 Å². The number of aliphatic carboxylic acids is 3. The monoisotopic (exact) mass is 357 g/mol. The minimum absolute atomic E-state index is 0.00383. The summed E-state index contributed by atoms with van der Waals surface area (Å²) < 4.78 is -0.627. The Morgan fingerprint density at radius 3 is 1.84 bits per heavy atom. The zero-order valence-corrected chi connectivity index (χ0v) is 15.6. The molecule has 0 radical (unpaired) electrons. The topological polar surface area (TPSA) is 115 Å². The van der Waals surface area contributed by atoms with E-state index in [1.54, 1.807) is 6.08 Å². The Bertz CT molecular complexity index is 438. The Kier molecular flexibility index (Phi) is 10.0. The van der Waals surface area contributed by atoms with E-state index in [9.17, 15) is 29.7 Å². The zero-order chi connectivity index (χ0) is 19.6. The van der Waals surface area contributed by atoms with Crippen molar-refractivity contribution in [3.05, 3.63) is 12.2 Å². The van der Waals surface area contributed by atoms with Gasteiger partial charge in [-0.05, 0) is 39.7 Å². The number of nitrogens with zero attached hydrogens (tertiary/aromatic N) is 1. The Balaban J connectivity index is 5.54. The van der Waals surface area contributed by atoms with Crippen LogP contribution in [0.4, 0.5) is 0 Å². The Labute approximate surface area is 149 Å². The van der Waals surface area contributed by atoms with E-state index in [-0.39, 0.29) is 6.54 Å². The summed E-state index contributed by atoms with van der Waals surface area (Å²) in [5.74, 6) is -3.94. The average Bonchev–Trinajstić information content (AvgIpc) is 2.55. The van der Waals surface area contributed by atoms with Crippen molar-refractivity contribution in [2.75, 3.05) is 6.54 Å². The van der Waals surface area contributed by atoms with Crippen molar-refractivity contribution in [1.82, 2.24) is 0 Å². The predicted molar refractivity (Wildman–Crippen MR) is 91.7 cm³/mol. The molecule has 144 valence electrons. The molecule has 0 amide bonds. The van der Waals surface area contributed by atoms with E-state index in [0.29, 0.717) is 0 Å². The lowest BCUT2D eigenvalue weighted by molar-refractivity contribution is -0.964. The molecule has 0 aromatic heterocycles. The molecule has 0 aliphatic heterocycles. The van der Waals surface area contributed by atoms with E-state index in [0.717, 1.165) is 32.1 Å². The number of rotatable bonds is 13. The summed E-state index contributed by atoms with van der Waals surface area (Å²) >= 11 is 0. The quantitative estimate of drug-likeness (QED) is 0.293. The van der Waals surface area contributed by atoms with Crippen molar-refractivity contribution in [3.8, 4) is 0 Å². The van der Waals surface area contributed by atoms with Gasteiger partial charge in [-0.25, -0.2) is 9.59 Å². The molecule has 3 unspecified atom stereocenters. The molecule has 7 heteroatoms. The average molecular weight is 357 g/mol. The molecule has 0 fully saturated rings. The number of hydrogen-bond acceptors (Lipinski definition) is 4. The normalized spacial score (nSPS) is 17.6. The second-order valence-electron chi connectivity index (χ2n) is 6.52. The second kappa shape index (κ2) is 10.9. The molecule has 7 nitrogen and oxygen atoms in total. The molecule has 0 spiro atoms. The van der Waals surface area contributed by atoms with Crippen molar-refractivity contribution in [2.24, 2.45) is 0 Å². The summed E-state index contributed by atoms with van der Waals surface area (Å²) in [6.07, 6.45) is 8.71. The summed E-state index contributed by atoms with van der Waals surface area (Å²) in [5, 5.41) is 30.3. The Morgan fingerprint density at radius 2 is 1.44 bits per heavy atom. The number of carboxylic acid groups (broad SMARTS) is 3. The van der Waals surface area contributed by atoms with Gasteiger partial charge in [-0.1, -0.05) is 32.3 Å². The summed E-state index contributed by atoms with van der Waals surface area (Å²) in [4.78, 5) is 34.6. The first-order chi connectivity index (χ1) is 11.6. The standard InChI is InChI=1S/C18H31NO6/c1-5-6-7-8-9-10-11-12-19(13(2)16(20)21,14(3)17(22)23)15(4)18(24)25/h10-11,13-15H,5-9,12H2,1-4H3,(H2-,20,21,22,23,24,25)/b11-10+. The van der Waals surface area contributed by atoms with Crippen LogP contribution in [-0.2, 0) is 14.4 Å². The van der Waals surface area contributed by atoms with Gasteiger partial charge in [0.15, 0.2) is 12.1 Å². The van der Waals surface area contributed by atoms with Gasteiger partial charge in [-0.2, -0.15) is 0 Å². The van der Waals surface area contributed by atoms with Crippen LogP contribution in [0, 0.1) is 0 Å². The van der Waals surface area contributed by atoms with E-state index >= 15 is 0 Å². The molecule has 0 aliphatic rings. The fraction of sp³-hybridized carbons (Fsp3) is 0.722. The minimum atomic E-state index is -1.46. The maximum absolute atomic E-state index is 11.6. The van der Waals surface area contributed by atoms with E-state index in [1.165, 1.54) is 20.8 Å². The van der Waals surface area contributed by atoms with Gasteiger partial charge >= 0.3 is 11.9 Å². The summed E-state index contributed by atoms with van der Waals surface area (Å²) in [6.45, 7) is 6.11. The molecule has 0 rings (SSSR count). The van der Waals surface area contributed by atoms with Gasteiger partial charge in [-0.15, -0.1) is 0 Å². The summed E-state index contributed by atoms with van der Waals surface area (Å²) in [7, 11) is 0. The predicted octanol–water partition coefficient (Wildman–Crippen LogP) is 1.41. The van der Waals surface area contributed by atoms with E-state index in [1.807, 2.05) is 6.08 Å². The fourth-order valence-electron chi connectivity index (χ4n) is 3.15. The maximum atomic E-state index is 11.6. The molecule has 0 aliphatic carbocycles. The van der Waals surface area contributed by atoms with Crippen LogP contribution in [0.1, 0.15) is 59.8 Å². The molecular formula is C18H31NO6. The van der Waals surface area contributed by atoms with Gasteiger partial charge in [0, 0.05) is 0 Å². The number of carbonyl (C=O) groups excluding carboxylic acids is 1. The molecule has 0 saturated carbocycles. The van der Waals surface area contributed by atoms with E-state index < -0.39 is 40.5 Å². The minimum Gasteiger partial charge on any atom is -0.544 e. The van der Waals surface area contributed by atoms with Crippen LogP contribution in [0.3, 0.4) is 0 Å². The third kappa shape index (κ3) is 6.16. The highest BCUT2D eigenvalue weighted by Gasteiger charge is 2.50. The first kappa shape index (κ1) is 23.1. The van der Waals surface area contributed by atoms with Crippen LogP contribution in [0.15, 0.2) is 12.2 Å². The SMILES string of the molecule is CCCCCC/C=C/C[N+](C(C)C(=O)[O-])(C(C)C(=O)O)C(C)C(=O)O. The van der Waals surface area contributed by atoms with Crippen molar-refractivity contribution in [2.45, 2.75) is 77.9 Å². The van der Waals surface area contributed by atoms with Crippen LogP contribution >= 0.6 is 0 Å². The Morgan fingerprint density at radius 1 is 0.920 bits per heavy atom. The number of hydrogen-bond donors (Lipinski definition) is 2. The maximum Gasteiger partial charge on any atom is 0.362 e. The number of unbranched alkanes of at least 4 members (excludes halogenated alkanes) is 4. The van der Waals surface area contributed by atoms with Gasteiger partial charge < -0.3 is 20.1 Å². The van der Waals surface area contributed by atoms with E-state index in [2.05, 4.69) is 6.92 Å². The van der Waals surface area contributed by atoms with Crippen molar-refractivity contribution in [1.29, 1.82) is 0 Å². The lowest BCUT2D eigenvalue weighted by Gasteiger charge is -2.48. The molecule has 0 aromatic carbocycles. The summed E-state index contributed by atoms with van der Waals surface area (Å²) in [5.41, 5.74) is 0. The molecule has 0 bridgehead atoms. The number of carboxylic acids is 3. The van der Waals surface area contributed by atoms with Crippen LogP contribution in [0.5, 0.6) is 0 Å². The third-order valence-electron chi connectivity index (χ3n) is 5.03. The van der Waals surface area contributed by atoms with Gasteiger partial charge in [0.1, 0.15) is 6.04 Å². The van der Waals surface area contributed by atoms with Crippen molar-refractivity contribution < 1.29 is 34.2 Å². The summed E-state index contributed by atoms with van der Waals surface area (Å²) in [6, 6.07) is -3.69. The van der Waals surface area contributed by atoms with Gasteiger partial charge in [0.25, 0.3) is 0 Å². The lowest BCUT2D eigenvalue weighted by atomic mass is 10.0. The van der Waals surface area contributed by atoms with Gasteiger partial charge in [-0.3, -0.25) is 4.48 Å². The third-order valence-corrected chi connectivity index (χ3v) is 5.03. The number of allylic oxidation sites excluding steroid dienone is 1. The molecule has 0 aromatic rings. The molecule has 3 atom stereocenters. The van der Waals surface area contributed by atoms with E-state index in [4.69, 9.17) is 0 Å². The zero-order valence-electron chi connectivity index (χ0n) is 15.6. The highest BCUT2D eigenvalue weighted by Crippen LogP contribution is 2.26. The first-order valence-electron chi connectivity index (χ1n) is 8.81. The molecule has 2 N–H and O–H groups in total.